The molecule has 0 aliphatic rings. The van der Waals surface area contributed by atoms with E-state index in [1.807, 2.05) is 0 Å². The third-order valence-corrected chi connectivity index (χ3v) is 21.6. The fourth-order valence-electron chi connectivity index (χ4n) is 12.5. The zero-order valence-corrected chi connectivity index (χ0v) is 67.3. The third-order valence-electron chi connectivity index (χ3n) is 19.7. The summed E-state index contributed by atoms with van der Waals surface area (Å²) >= 11 is 0. The van der Waals surface area contributed by atoms with Crippen LogP contribution in [-0.4, -0.2) is 96.7 Å². The Balaban J connectivity index is 5.20. The standard InChI is InChI=1S/C81H158O17P2/c1-7-11-13-15-17-19-20-21-22-23-24-25-26-27-32-35-41-47-53-59-65-80(85)98-77(70-92-79(84)64-58-52-46-40-34-31-29-28-30-33-38-43-49-55-61-73(5)9-3)72-96-100(89,90)94-68-75(82)67-93-99(87,88)95-71-76(69-91-78(83)63-57-51-45-18-16-14-12-8-2)97-81(86)66-60-54-48-42-37-36-39-44-50-56-62-74(6)10-4/h73-77,82H,7-72H2,1-6H3,(H,87,88)(H,89,90)/t73?,74?,75-,76+,77+/m0/s1. The van der Waals surface area contributed by atoms with Crippen molar-refractivity contribution < 1.29 is 80.2 Å². The molecule has 3 N–H and O–H groups in total. The summed E-state index contributed by atoms with van der Waals surface area (Å²) in [5, 5.41) is 10.6. The second-order valence-corrected chi connectivity index (χ2v) is 32.6. The Labute approximate surface area is 613 Å². The second kappa shape index (κ2) is 72.6. The van der Waals surface area contributed by atoms with Crippen LogP contribution in [0.25, 0.3) is 0 Å². The normalized spacial score (nSPS) is 14.4. The molecule has 0 spiro atoms. The topological polar surface area (TPSA) is 237 Å². The van der Waals surface area contributed by atoms with E-state index in [2.05, 4.69) is 41.5 Å². The van der Waals surface area contributed by atoms with E-state index in [0.29, 0.717) is 25.7 Å². The van der Waals surface area contributed by atoms with E-state index < -0.39 is 97.5 Å². The molecule has 0 aliphatic heterocycles. The predicted molar refractivity (Wildman–Crippen MR) is 409 cm³/mol. The molecule has 0 bridgehead atoms. The van der Waals surface area contributed by atoms with Crippen LogP contribution in [0, 0.1) is 11.8 Å². The summed E-state index contributed by atoms with van der Waals surface area (Å²) in [6.45, 7) is 9.69. The van der Waals surface area contributed by atoms with Crippen molar-refractivity contribution in [1.29, 1.82) is 0 Å². The minimum atomic E-state index is -4.96. The van der Waals surface area contributed by atoms with Crippen molar-refractivity contribution in [2.75, 3.05) is 39.6 Å². The fraction of sp³-hybridized carbons (Fsp3) is 0.951. The van der Waals surface area contributed by atoms with Gasteiger partial charge in [0, 0.05) is 25.7 Å². The molecule has 0 aromatic carbocycles. The van der Waals surface area contributed by atoms with E-state index in [4.69, 9.17) is 37.0 Å². The van der Waals surface area contributed by atoms with E-state index in [1.54, 1.807) is 0 Å². The Hall–Kier alpha value is -1.94. The van der Waals surface area contributed by atoms with Crippen molar-refractivity contribution in [2.45, 2.75) is 445 Å². The number of rotatable bonds is 80. The number of phosphoric acid groups is 2. The summed E-state index contributed by atoms with van der Waals surface area (Å²) in [6, 6.07) is 0. The van der Waals surface area contributed by atoms with Crippen LogP contribution in [0.4, 0.5) is 0 Å². The van der Waals surface area contributed by atoms with Gasteiger partial charge in [-0.2, -0.15) is 0 Å². The second-order valence-electron chi connectivity index (χ2n) is 29.6. The zero-order valence-electron chi connectivity index (χ0n) is 65.5. The number of aliphatic hydroxyl groups excluding tert-OH is 1. The SMILES string of the molecule is CCCCCCCCCCCCCCCCCCCCCCC(=O)O[C@H](COC(=O)CCCCCCCCCCCCCCCCC(C)CC)COP(=O)(O)OC[C@@H](O)COP(=O)(O)OC[C@@H](COC(=O)CCCCCCCCCC)OC(=O)CCCCCCCCCCCCC(C)CC. The molecule has 17 nitrogen and oxygen atoms in total. The van der Waals surface area contributed by atoms with Crippen LogP contribution in [0.2, 0.25) is 0 Å². The molecule has 0 amide bonds. The lowest BCUT2D eigenvalue weighted by Gasteiger charge is -2.21. The first-order chi connectivity index (χ1) is 48.4. The fourth-order valence-corrected chi connectivity index (χ4v) is 14.1. The maximum absolute atomic E-state index is 13.1. The minimum Gasteiger partial charge on any atom is -0.462 e. The van der Waals surface area contributed by atoms with E-state index >= 15 is 0 Å². The van der Waals surface area contributed by atoms with Gasteiger partial charge in [0.2, 0.25) is 0 Å². The molecule has 0 rings (SSSR count). The summed E-state index contributed by atoms with van der Waals surface area (Å²) in [4.78, 5) is 72.9. The van der Waals surface area contributed by atoms with Crippen LogP contribution in [0.3, 0.4) is 0 Å². The summed E-state index contributed by atoms with van der Waals surface area (Å²) < 4.78 is 68.6. The highest BCUT2D eigenvalue weighted by molar-refractivity contribution is 7.47. The highest BCUT2D eigenvalue weighted by atomic mass is 31.2. The molecule has 0 saturated carbocycles. The molecule has 0 heterocycles. The zero-order chi connectivity index (χ0) is 73.5. The van der Waals surface area contributed by atoms with Gasteiger partial charge in [0.1, 0.15) is 19.3 Å². The van der Waals surface area contributed by atoms with Gasteiger partial charge in [-0.15, -0.1) is 0 Å². The highest BCUT2D eigenvalue weighted by Crippen LogP contribution is 2.45. The molecular weight excluding hydrogens is 1310 g/mol. The number of aliphatic hydroxyl groups is 1. The van der Waals surface area contributed by atoms with Gasteiger partial charge in [0.15, 0.2) is 12.2 Å². The first-order valence-corrected chi connectivity index (χ1v) is 45.1. The number of hydrogen-bond acceptors (Lipinski definition) is 15. The predicted octanol–water partition coefficient (Wildman–Crippen LogP) is 24.3. The molecule has 4 unspecified atom stereocenters. The maximum Gasteiger partial charge on any atom is 0.472 e. The van der Waals surface area contributed by atoms with Crippen LogP contribution in [-0.2, 0) is 65.4 Å². The monoisotopic (exact) mass is 1470 g/mol. The Bertz CT molecular complexity index is 1930. The van der Waals surface area contributed by atoms with Crippen molar-refractivity contribution >= 4 is 39.5 Å². The highest BCUT2D eigenvalue weighted by Gasteiger charge is 2.30. The molecule has 100 heavy (non-hydrogen) atoms. The molecule has 7 atom stereocenters. The van der Waals surface area contributed by atoms with Gasteiger partial charge in [-0.3, -0.25) is 37.3 Å². The quantitative estimate of drug-likeness (QED) is 0.0222. The van der Waals surface area contributed by atoms with E-state index in [-0.39, 0.29) is 25.7 Å². The molecule has 0 aliphatic carbocycles. The molecule has 0 saturated heterocycles. The largest absolute Gasteiger partial charge is 0.472 e. The van der Waals surface area contributed by atoms with Crippen LogP contribution < -0.4 is 0 Å². The molecule has 0 aromatic heterocycles. The Kier molecular flexibility index (Phi) is 71.2. The summed E-state index contributed by atoms with van der Waals surface area (Å²) in [6.07, 6.45) is 62.4. The number of phosphoric ester groups is 2. The van der Waals surface area contributed by atoms with Crippen LogP contribution >= 0.6 is 15.6 Å². The van der Waals surface area contributed by atoms with Gasteiger partial charge in [0.25, 0.3) is 0 Å². The van der Waals surface area contributed by atoms with E-state index in [9.17, 15) is 43.2 Å². The Morgan fingerprint density at radius 2 is 0.480 bits per heavy atom. The van der Waals surface area contributed by atoms with Crippen molar-refractivity contribution in [1.82, 2.24) is 0 Å². The van der Waals surface area contributed by atoms with E-state index in [0.717, 1.165) is 108 Å². The van der Waals surface area contributed by atoms with Crippen molar-refractivity contribution in [2.24, 2.45) is 11.8 Å². The molecule has 0 radical (unpaired) electrons. The molecule has 594 valence electrons. The number of hydrogen-bond donors (Lipinski definition) is 3. The van der Waals surface area contributed by atoms with Crippen LogP contribution in [0.15, 0.2) is 0 Å². The van der Waals surface area contributed by atoms with E-state index in [1.165, 1.54) is 238 Å². The molecule has 19 heteroatoms. The average Bonchev–Trinajstić information content (AvgIpc) is 0.925. The van der Waals surface area contributed by atoms with Gasteiger partial charge in [-0.25, -0.2) is 9.13 Å². The van der Waals surface area contributed by atoms with Crippen molar-refractivity contribution in [3.8, 4) is 0 Å². The lowest BCUT2D eigenvalue weighted by molar-refractivity contribution is -0.161. The number of esters is 4. The average molecular weight is 1470 g/mol. The lowest BCUT2D eigenvalue weighted by Crippen LogP contribution is -2.30. The van der Waals surface area contributed by atoms with Crippen molar-refractivity contribution in [3.05, 3.63) is 0 Å². The number of carbonyl (C=O) groups is 4. The van der Waals surface area contributed by atoms with Crippen LogP contribution in [0.5, 0.6) is 0 Å². The Morgan fingerprint density at radius 1 is 0.280 bits per heavy atom. The molecular formula is C81H158O17P2. The number of unbranched alkanes of at least 4 members (excludes halogenated alkanes) is 48. The summed E-state index contributed by atoms with van der Waals surface area (Å²) in [7, 11) is -9.92. The van der Waals surface area contributed by atoms with Gasteiger partial charge in [0.05, 0.1) is 26.4 Å². The minimum absolute atomic E-state index is 0.106. The van der Waals surface area contributed by atoms with Gasteiger partial charge < -0.3 is 33.8 Å². The first kappa shape index (κ1) is 98.1. The van der Waals surface area contributed by atoms with Crippen molar-refractivity contribution in [3.63, 3.8) is 0 Å². The van der Waals surface area contributed by atoms with Gasteiger partial charge in [-0.1, -0.05) is 375 Å². The summed E-state index contributed by atoms with van der Waals surface area (Å²) in [5.74, 6) is -0.458. The maximum atomic E-state index is 13.1. The lowest BCUT2D eigenvalue weighted by atomic mass is 9.99. The number of ether oxygens (including phenoxy) is 4. The van der Waals surface area contributed by atoms with Gasteiger partial charge >= 0.3 is 39.5 Å². The smallest absolute Gasteiger partial charge is 0.462 e. The summed E-state index contributed by atoms with van der Waals surface area (Å²) in [5.41, 5.74) is 0. The number of carbonyl (C=O) groups excluding carboxylic acids is 4. The molecule has 0 fully saturated rings. The first-order valence-electron chi connectivity index (χ1n) is 42.1. The molecule has 0 aromatic rings. The third kappa shape index (κ3) is 71.7. The van der Waals surface area contributed by atoms with Crippen LogP contribution in [0.1, 0.15) is 427 Å². The van der Waals surface area contributed by atoms with Gasteiger partial charge in [-0.05, 0) is 37.5 Å². The Morgan fingerprint density at radius 3 is 0.710 bits per heavy atom.